The Labute approximate surface area is 205 Å². The quantitative estimate of drug-likeness (QED) is 0.446. The van der Waals surface area contributed by atoms with Crippen molar-refractivity contribution in [3.8, 4) is 0 Å². The van der Waals surface area contributed by atoms with Gasteiger partial charge in [-0.1, -0.05) is 36.4 Å². The molecule has 1 aliphatic heterocycles. The third kappa shape index (κ3) is 7.33. The van der Waals surface area contributed by atoms with Crippen molar-refractivity contribution >= 4 is 11.5 Å². The van der Waals surface area contributed by atoms with E-state index in [1.54, 1.807) is 7.05 Å². The van der Waals surface area contributed by atoms with E-state index in [1.807, 2.05) is 36.4 Å². The van der Waals surface area contributed by atoms with Crippen molar-refractivity contribution in [1.82, 2.24) is 10.6 Å². The Hall–Kier alpha value is -2.85. The Morgan fingerprint density at radius 3 is 2.22 bits per heavy atom. The van der Waals surface area contributed by atoms with Gasteiger partial charge < -0.3 is 15.4 Å². The van der Waals surface area contributed by atoms with Crippen molar-refractivity contribution < 1.29 is 35.9 Å². The van der Waals surface area contributed by atoms with E-state index < -0.39 is 29.6 Å². The number of ether oxygens (including phenoxy) is 1. The zero-order valence-electron chi connectivity index (χ0n) is 19.8. The van der Waals surface area contributed by atoms with Crippen LogP contribution in [0.1, 0.15) is 48.1 Å². The van der Waals surface area contributed by atoms with Crippen LogP contribution >= 0.6 is 0 Å². The van der Waals surface area contributed by atoms with Crippen molar-refractivity contribution in [2.45, 2.75) is 44.3 Å². The highest BCUT2D eigenvalue weighted by Gasteiger charge is 2.37. The Bertz CT molecular complexity index is 1030. The van der Waals surface area contributed by atoms with E-state index in [2.05, 4.69) is 10.6 Å². The number of carbonyl (C=O) groups is 1. The molecular formula is C26H28F6N2O2. The maximum absolute atomic E-state index is 13.3. The Kier molecular flexibility index (Phi) is 8.84. The molecule has 0 radical (unpaired) electrons. The molecule has 1 aliphatic rings. The molecule has 1 heterocycles. The lowest BCUT2D eigenvalue weighted by atomic mass is 9.96. The second-order valence-electron chi connectivity index (χ2n) is 8.78. The van der Waals surface area contributed by atoms with Crippen LogP contribution in [0.3, 0.4) is 0 Å². The minimum atomic E-state index is -4.93. The maximum atomic E-state index is 13.3. The Balaban J connectivity index is 1.82. The molecule has 3 atom stereocenters. The van der Waals surface area contributed by atoms with Crippen molar-refractivity contribution in [2.75, 3.05) is 20.2 Å². The fraction of sp³-hybridized carbons (Fsp3) is 0.423. The van der Waals surface area contributed by atoms with Crippen LogP contribution in [0.25, 0.3) is 5.57 Å². The van der Waals surface area contributed by atoms with Gasteiger partial charge in [0, 0.05) is 13.5 Å². The number of rotatable bonds is 7. The first-order chi connectivity index (χ1) is 16.9. The first-order valence-corrected chi connectivity index (χ1v) is 11.5. The number of alkyl halides is 6. The summed E-state index contributed by atoms with van der Waals surface area (Å²) in [7, 11) is 1.56. The summed E-state index contributed by atoms with van der Waals surface area (Å²) in [6.07, 6.45) is -7.94. The fourth-order valence-electron chi connectivity index (χ4n) is 4.11. The highest BCUT2D eigenvalue weighted by molar-refractivity contribution is 5.76. The molecule has 36 heavy (non-hydrogen) atoms. The maximum Gasteiger partial charge on any atom is 0.416 e. The van der Waals surface area contributed by atoms with E-state index >= 15 is 0 Å². The number of amides is 1. The average Bonchev–Trinajstić information content (AvgIpc) is 3.03. The lowest BCUT2D eigenvalue weighted by molar-refractivity contribution is -0.143. The van der Waals surface area contributed by atoms with Gasteiger partial charge in [0.2, 0.25) is 5.91 Å². The zero-order chi connectivity index (χ0) is 26.5. The molecule has 2 aromatic carbocycles. The SMILES string of the molecule is CNC(=O)C[C@@H]1CC=C(c2ccccc2)[C@H](COC(C)c2cc(C(F)(F)F)cc(C(F)(F)F)c2)NC1. The zero-order valence-corrected chi connectivity index (χ0v) is 19.8. The van der Waals surface area contributed by atoms with Crippen molar-refractivity contribution in [3.63, 3.8) is 0 Å². The van der Waals surface area contributed by atoms with Crippen LogP contribution in [0, 0.1) is 5.92 Å². The number of halogens is 6. The van der Waals surface area contributed by atoms with Gasteiger partial charge in [-0.15, -0.1) is 0 Å². The van der Waals surface area contributed by atoms with E-state index in [0.717, 1.165) is 11.1 Å². The third-order valence-corrected chi connectivity index (χ3v) is 6.15. The topological polar surface area (TPSA) is 50.4 Å². The summed E-state index contributed by atoms with van der Waals surface area (Å²) in [5.74, 6) is -0.0753. The summed E-state index contributed by atoms with van der Waals surface area (Å²) in [4.78, 5) is 11.8. The normalized spacial score (nSPS) is 19.8. The van der Waals surface area contributed by atoms with E-state index in [1.165, 1.54) is 6.92 Å². The molecule has 4 nitrogen and oxygen atoms in total. The molecule has 1 amide bonds. The fourth-order valence-corrected chi connectivity index (χ4v) is 4.11. The lowest BCUT2D eigenvalue weighted by Gasteiger charge is -2.24. The van der Waals surface area contributed by atoms with Crippen LogP contribution < -0.4 is 10.6 Å². The molecule has 10 heteroatoms. The number of nitrogens with one attached hydrogen (secondary N) is 2. The monoisotopic (exact) mass is 514 g/mol. The molecule has 0 saturated carbocycles. The van der Waals surface area contributed by atoms with Crippen LogP contribution in [0.2, 0.25) is 0 Å². The highest BCUT2D eigenvalue weighted by atomic mass is 19.4. The standard InChI is InChI=1S/C26H28F6N2O2/c1-16(19-11-20(25(27,28)29)13-21(12-19)26(30,31)32)36-15-23-22(18-6-4-3-5-7-18)9-8-17(14-34-23)10-24(35)33-2/h3-7,9,11-13,16-17,23,34H,8,10,14-15H2,1-2H3,(H,33,35)/t16?,17-,23-/m0/s1. The summed E-state index contributed by atoms with van der Waals surface area (Å²) in [6, 6.07) is 10.5. The summed E-state index contributed by atoms with van der Waals surface area (Å²) in [5.41, 5.74) is -1.17. The number of hydrogen-bond donors (Lipinski definition) is 2. The summed E-state index contributed by atoms with van der Waals surface area (Å²) in [5, 5.41) is 5.96. The molecule has 0 fully saturated rings. The van der Waals surface area contributed by atoms with Crippen molar-refractivity contribution in [3.05, 3.63) is 76.9 Å². The Morgan fingerprint density at radius 2 is 1.67 bits per heavy atom. The predicted molar refractivity (Wildman–Crippen MR) is 124 cm³/mol. The predicted octanol–water partition coefficient (Wildman–Crippen LogP) is 6.00. The molecule has 3 rings (SSSR count). The van der Waals surface area contributed by atoms with E-state index in [0.29, 0.717) is 31.5 Å². The molecular weight excluding hydrogens is 486 g/mol. The second kappa shape index (κ2) is 11.5. The molecule has 1 unspecified atom stereocenters. The summed E-state index contributed by atoms with van der Waals surface area (Å²) in [6.45, 7) is 1.92. The summed E-state index contributed by atoms with van der Waals surface area (Å²) >= 11 is 0. The molecule has 2 aromatic rings. The van der Waals surface area contributed by atoms with Crippen molar-refractivity contribution in [1.29, 1.82) is 0 Å². The van der Waals surface area contributed by atoms with Crippen LogP contribution in [-0.4, -0.2) is 32.1 Å². The third-order valence-electron chi connectivity index (χ3n) is 6.15. The smallest absolute Gasteiger partial charge is 0.372 e. The largest absolute Gasteiger partial charge is 0.416 e. The number of benzene rings is 2. The first kappa shape index (κ1) is 27.7. The number of allylic oxidation sites excluding steroid dienone is 1. The van der Waals surface area contributed by atoms with E-state index in [4.69, 9.17) is 4.74 Å². The van der Waals surface area contributed by atoms with Gasteiger partial charge >= 0.3 is 12.4 Å². The molecule has 0 aromatic heterocycles. The average molecular weight is 515 g/mol. The van der Waals surface area contributed by atoms with Crippen LogP contribution in [0.4, 0.5) is 26.3 Å². The Morgan fingerprint density at radius 1 is 1.06 bits per heavy atom. The number of hydrogen-bond acceptors (Lipinski definition) is 3. The minimum Gasteiger partial charge on any atom is -0.372 e. The van der Waals surface area contributed by atoms with Gasteiger partial charge in [0.25, 0.3) is 0 Å². The van der Waals surface area contributed by atoms with Gasteiger partial charge in [0.15, 0.2) is 0 Å². The molecule has 196 valence electrons. The van der Waals surface area contributed by atoms with Gasteiger partial charge in [-0.2, -0.15) is 26.3 Å². The van der Waals surface area contributed by atoms with E-state index in [9.17, 15) is 31.1 Å². The van der Waals surface area contributed by atoms with Gasteiger partial charge in [-0.25, -0.2) is 0 Å². The van der Waals surface area contributed by atoms with Crippen LogP contribution in [0.15, 0.2) is 54.6 Å². The van der Waals surface area contributed by atoms with Crippen LogP contribution in [0.5, 0.6) is 0 Å². The summed E-state index contributed by atoms with van der Waals surface area (Å²) < 4.78 is 85.4. The van der Waals surface area contributed by atoms with Gasteiger partial charge in [-0.05, 0) is 60.7 Å². The molecule has 0 bridgehead atoms. The van der Waals surface area contributed by atoms with Gasteiger partial charge in [0.1, 0.15) is 0 Å². The van der Waals surface area contributed by atoms with Gasteiger partial charge in [0.05, 0.1) is 29.9 Å². The second-order valence-corrected chi connectivity index (χ2v) is 8.78. The highest BCUT2D eigenvalue weighted by Crippen LogP contribution is 2.38. The number of carbonyl (C=O) groups excluding carboxylic acids is 1. The minimum absolute atomic E-state index is 0.00614. The van der Waals surface area contributed by atoms with Crippen LogP contribution in [-0.2, 0) is 21.9 Å². The van der Waals surface area contributed by atoms with Crippen molar-refractivity contribution in [2.24, 2.45) is 5.92 Å². The molecule has 0 saturated heterocycles. The van der Waals surface area contributed by atoms with E-state index in [-0.39, 0.29) is 36.1 Å². The molecule has 2 N–H and O–H groups in total. The molecule has 0 aliphatic carbocycles. The lowest BCUT2D eigenvalue weighted by Crippen LogP contribution is -2.37. The molecule has 0 spiro atoms. The van der Waals surface area contributed by atoms with Gasteiger partial charge in [-0.3, -0.25) is 4.79 Å². The first-order valence-electron chi connectivity index (χ1n) is 11.5.